The molecule has 0 radical (unpaired) electrons. The van der Waals surface area contributed by atoms with Gasteiger partial charge in [0.2, 0.25) is 10.1 Å². The summed E-state index contributed by atoms with van der Waals surface area (Å²) in [7, 11) is 0. The molecule has 2 N–H and O–H groups in total. The average Bonchev–Trinajstić information content (AvgIpc) is 2.79. The molecule has 17 heavy (non-hydrogen) atoms. The Kier molecular flexibility index (Phi) is 3.55. The van der Waals surface area contributed by atoms with E-state index < -0.39 is 0 Å². The Bertz CT molecular complexity index is 499. The van der Waals surface area contributed by atoms with Crippen molar-refractivity contribution in [2.24, 2.45) is 0 Å². The summed E-state index contributed by atoms with van der Waals surface area (Å²) in [6.45, 7) is 2.69. The van der Waals surface area contributed by atoms with E-state index >= 15 is 0 Å². The second kappa shape index (κ2) is 5.30. The molecule has 1 amide bonds. The van der Waals surface area contributed by atoms with Crippen LogP contribution < -0.4 is 10.6 Å². The number of carbonyl (C=O) groups is 1. The maximum absolute atomic E-state index is 11.7. The lowest BCUT2D eigenvalue weighted by molar-refractivity contribution is 0.102. The molecule has 88 valence electrons. The molecule has 2 aromatic heterocycles. The fraction of sp³-hybridized carbons (Fsp3) is 0.222. The van der Waals surface area contributed by atoms with Crippen LogP contribution in [-0.4, -0.2) is 32.6 Å². The molecular weight excluding hydrogens is 240 g/mol. The van der Waals surface area contributed by atoms with Crippen molar-refractivity contribution in [2.45, 2.75) is 6.92 Å². The summed E-state index contributed by atoms with van der Waals surface area (Å²) in [5.41, 5.74) is 0.526. The first kappa shape index (κ1) is 11.4. The van der Waals surface area contributed by atoms with Crippen LogP contribution in [0.15, 0.2) is 18.7 Å². The van der Waals surface area contributed by atoms with Gasteiger partial charge in [-0.2, -0.15) is 0 Å². The smallest absolute Gasteiger partial charge is 0.286 e. The Labute approximate surface area is 101 Å². The fourth-order valence-corrected chi connectivity index (χ4v) is 1.79. The van der Waals surface area contributed by atoms with E-state index in [2.05, 4.69) is 30.8 Å². The number of nitrogens with zero attached hydrogens (tertiary/aromatic N) is 4. The van der Waals surface area contributed by atoms with Gasteiger partial charge < -0.3 is 10.6 Å². The van der Waals surface area contributed by atoms with Crippen LogP contribution in [0.3, 0.4) is 0 Å². The zero-order chi connectivity index (χ0) is 12.1. The molecule has 0 spiro atoms. The van der Waals surface area contributed by atoms with E-state index in [0.29, 0.717) is 15.8 Å². The monoisotopic (exact) mass is 250 g/mol. The molecule has 7 nitrogen and oxygen atoms in total. The highest BCUT2D eigenvalue weighted by Gasteiger charge is 2.12. The molecular formula is C9H10N6OS. The van der Waals surface area contributed by atoms with Crippen molar-refractivity contribution in [3.63, 3.8) is 0 Å². The molecule has 2 heterocycles. The van der Waals surface area contributed by atoms with Crippen molar-refractivity contribution < 1.29 is 4.79 Å². The minimum atomic E-state index is -0.318. The first-order chi connectivity index (χ1) is 8.29. The summed E-state index contributed by atoms with van der Waals surface area (Å²) in [5.74, 6) is -0.318. The molecule has 0 bridgehead atoms. The molecule has 0 saturated heterocycles. The maximum atomic E-state index is 11.7. The van der Waals surface area contributed by atoms with Crippen LogP contribution in [0.25, 0.3) is 0 Å². The standard InChI is InChI=1S/C9H10N6OS/c1-2-12-9-15-14-8(17-9)7(16)13-6-3-10-5-11-4-6/h3-5H,2H2,1H3,(H,12,15)(H,13,16). The SMILES string of the molecule is CCNc1nnc(C(=O)Nc2cncnc2)s1. The second-order valence-electron chi connectivity index (χ2n) is 3.02. The van der Waals surface area contributed by atoms with Crippen LogP contribution >= 0.6 is 11.3 Å². The van der Waals surface area contributed by atoms with Crippen molar-refractivity contribution in [3.8, 4) is 0 Å². The number of carbonyl (C=O) groups excluding carboxylic acids is 1. The maximum Gasteiger partial charge on any atom is 0.286 e. The molecule has 0 aliphatic heterocycles. The van der Waals surface area contributed by atoms with Gasteiger partial charge in [0, 0.05) is 6.54 Å². The van der Waals surface area contributed by atoms with Gasteiger partial charge >= 0.3 is 0 Å². The summed E-state index contributed by atoms with van der Waals surface area (Å²) in [6.07, 6.45) is 4.41. The number of anilines is 2. The van der Waals surface area contributed by atoms with Crippen LogP contribution in [-0.2, 0) is 0 Å². The Balaban J connectivity index is 2.04. The topological polar surface area (TPSA) is 92.7 Å². The minimum Gasteiger partial charge on any atom is -0.360 e. The van der Waals surface area contributed by atoms with E-state index in [1.165, 1.54) is 30.1 Å². The number of amides is 1. The Morgan fingerprint density at radius 2 is 2.12 bits per heavy atom. The van der Waals surface area contributed by atoms with Crippen molar-refractivity contribution in [1.82, 2.24) is 20.2 Å². The van der Waals surface area contributed by atoms with Crippen molar-refractivity contribution in [2.75, 3.05) is 17.2 Å². The zero-order valence-electron chi connectivity index (χ0n) is 9.04. The van der Waals surface area contributed by atoms with Crippen molar-refractivity contribution in [1.29, 1.82) is 0 Å². The van der Waals surface area contributed by atoms with E-state index in [4.69, 9.17) is 0 Å². The Hall–Kier alpha value is -2.09. The van der Waals surface area contributed by atoms with E-state index in [-0.39, 0.29) is 5.91 Å². The Morgan fingerprint density at radius 3 is 2.82 bits per heavy atom. The lowest BCUT2D eigenvalue weighted by atomic mass is 10.5. The highest BCUT2D eigenvalue weighted by Crippen LogP contribution is 2.16. The predicted molar refractivity (Wildman–Crippen MR) is 64.1 cm³/mol. The zero-order valence-corrected chi connectivity index (χ0v) is 9.86. The molecule has 2 rings (SSSR count). The van der Waals surface area contributed by atoms with E-state index in [1.807, 2.05) is 6.92 Å². The second-order valence-corrected chi connectivity index (χ2v) is 4.00. The molecule has 0 aliphatic rings. The normalized spacial score (nSPS) is 9.94. The fourth-order valence-electron chi connectivity index (χ4n) is 1.09. The molecule has 0 aromatic carbocycles. The van der Waals surface area contributed by atoms with Crippen LogP contribution in [0, 0.1) is 0 Å². The number of aromatic nitrogens is 4. The number of rotatable bonds is 4. The minimum absolute atomic E-state index is 0.296. The molecule has 0 fully saturated rings. The van der Waals surface area contributed by atoms with Gasteiger partial charge in [0.05, 0.1) is 18.1 Å². The third-order valence-electron chi connectivity index (χ3n) is 1.77. The molecule has 0 aliphatic carbocycles. The summed E-state index contributed by atoms with van der Waals surface area (Å²) in [6, 6.07) is 0. The lowest BCUT2D eigenvalue weighted by Gasteiger charge is -1.99. The van der Waals surface area contributed by atoms with E-state index in [1.54, 1.807) is 0 Å². The number of nitrogens with one attached hydrogen (secondary N) is 2. The van der Waals surface area contributed by atoms with Gasteiger partial charge in [-0.05, 0) is 6.92 Å². The van der Waals surface area contributed by atoms with Crippen molar-refractivity contribution in [3.05, 3.63) is 23.7 Å². The van der Waals surface area contributed by atoms with E-state index in [0.717, 1.165) is 6.54 Å². The van der Waals surface area contributed by atoms with Crippen LogP contribution in [0.4, 0.5) is 10.8 Å². The summed E-state index contributed by atoms with van der Waals surface area (Å²) < 4.78 is 0. The molecule has 0 saturated carbocycles. The van der Waals surface area contributed by atoms with Gasteiger partial charge in [-0.1, -0.05) is 11.3 Å². The van der Waals surface area contributed by atoms with Crippen molar-refractivity contribution >= 4 is 28.1 Å². The first-order valence-electron chi connectivity index (χ1n) is 4.93. The molecule has 2 aromatic rings. The van der Waals surface area contributed by atoms with Gasteiger partial charge in [-0.15, -0.1) is 10.2 Å². The third kappa shape index (κ3) is 2.94. The third-order valence-corrected chi connectivity index (χ3v) is 2.65. The van der Waals surface area contributed by atoms with E-state index in [9.17, 15) is 4.79 Å². The van der Waals surface area contributed by atoms with Gasteiger partial charge in [0.25, 0.3) is 5.91 Å². The molecule has 8 heteroatoms. The predicted octanol–water partition coefficient (Wildman–Crippen LogP) is 1.01. The average molecular weight is 250 g/mol. The van der Waals surface area contributed by atoms with Crippen LogP contribution in [0.1, 0.15) is 16.7 Å². The first-order valence-corrected chi connectivity index (χ1v) is 5.75. The van der Waals surface area contributed by atoms with Gasteiger partial charge in [0.1, 0.15) is 6.33 Å². The van der Waals surface area contributed by atoms with Crippen LogP contribution in [0.5, 0.6) is 0 Å². The van der Waals surface area contributed by atoms with Crippen LogP contribution in [0.2, 0.25) is 0 Å². The lowest BCUT2D eigenvalue weighted by Crippen LogP contribution is -2.11. The largest absolute Gasteiger partial charge is 0.360 e. The molecule has 0 atom stereocenters. The quantitative estimate of drug-likeness (QED) is 0.841. The van der Waals surface area contributed by atoms with Gasteiger partial charge in [-0.3, -0.25) is 4.79 Å². The highest BCUT2D eigenvalue weighted by atomic mass is 32.1. The summed E-state index contributed by atoms with van der Waals surface area (Å²) in [4.78, 5) is 19.3. The summed E-state index contributed by atoms with van der Waals surface area (Å²) >= 11 is 1.20. The molecule has 0 unspecified atom stereocenters. The number of hydrogen-bond acceptors (Lipinski definition) is 7. The number of hydrogen-bond donors (Lipinski definition) is 2. The van der Waals surface area contributed by atoms with Gasteiger partial charge in [-0.25, -0.2) is 9.97 Å². The van der Waals surface area contributed by atoms with Gasteiger partial charge in [0.15, 0.2) is 0 Å². The summed E-state index contributed by atoms with van der Waals surface area (Å²) in [5, 5.41) is 14.2. The highest BCUT2D eigenvalue weighted by molar-refractivity contribution is 7.17. The Morgan fingerprint density at radius 1 is 1.35 bits per heavy atom.